The van der Waals surface area contributed by atoms with Crippen molar-refractivity contribution in [1.82, 2.24) is 10.3 Å². The molecule has 1 aromatic heterocycles. The maximum absolute atomic E-state index is 11.6. The molecule has 3 aromatic rings. The van der Waals surface area contributed by atoms with Crippen molar-refractivity contribution in [3.8, 4) is 11.5 Å². The molecule has 1 saturated carbocycles. The highest BCUT2D eigenvalue weighted by molar-refractivity contribution is 5.95. The largest absolute Gasteiger partial charge is 0.495 e. The lowest BCUT2D eigenvalue weighted by Crippen LogP contribution is -2.41. The molecule has 0 bridgehead atoms. The molecule has 178 valence electrons. The third-order valence-electron chi connectivity index (χ3n) is 7.07. The standard InChI is InChI=1S/C27H31N3O4/c1-33-21-14-22-19(3-2-4-23(22)29-16-21)7-10-27(32)11-8-20(9-12-27)28-15-18-5-6-25-24(13-18)30-26(31)17-34-25/h2-6,13-14,16,20,28,32H,7-12,15,17H2,1H3,(H,30,31). The Hall–Kier alpha value is -3.16. The number of hydrogen-bond donors (Lipinski definition) is 3. The summed E-state index contributed by atoms with van der Waals surface area (Å²) in [5.74, 6) is 1.34. The van der Waals surface area contributed by atoms with Gasteiger partial charge in [0.2, 0.25) is 0 Å². The maximum Gasteiger partial charge on any atom is 0.262 e. The van der Waals surface area contributed by atoms with Crippen molar-refractivity contribution in [3.63, 3.8) is 0 Å². The van der Waals surface area contributed by atoms with Crippen molar-refractivity contribution in [2.75, 3.05) is 19.0 Å². The molecule has 2 aromatic carbocycles. The zero-order valence-corrected chi connectivity index (χ0v) is 19.5. The molecule has 0 saturated heterocycles. The van der Waals surface area contributed by atoms with Gasteiger partial charge in [0, 0.05) is 18.0 Å². The molecule has 7 heteroatoms. The number of hydrogen-bond acceptors (Lipinski definition) is 6. The van der Waals surface area contributed by atoms with Gasteiger partial charge in [0.15, 0.2) is 6.61 Å². The molecule has 1 aliphatic heterocycles. The van der Waals surface area contributed by atoms with Crippen LogP contribution in [0.1, 0.15) is 43.2 Å². The topological polar surface area (TPSA) is 92.7 Å². The van der Waals surface area contributed by atoms with Gasteiger partial charge in [-0.1, -0.05) is 18.2 Å². The monoisotopic (exact) mass is 461 g/mol. The highest BCUT2D eigenvalue weighted by Crippen LogP contribution is 2.34. The van der Waals surface area contributed by atoms with Crippen LogP contribution in [0.25, 0.3) is 10.9 Å². The van der Waals surface area contributed by atoms with Gasteiger partial charge in [0.1, 0.15) is 11.5 Å². The van der Waals surface area contributed by atoms with Gasteiger partial charge in [-0.3, -0.25) is 9.78 Å². The molecular formula is C27H31N3O4. The predicted octanol–water partition coefficient (Wildman–Crippen LogP) is 3.97. The number of pyridine rings is 1. The van der Waals surface area contributed by atoms with Gasteiger partial charge in [-0.25, -0.2) is 0 Å². The summed E-state index contributed by atoms with van der Waals surface area (Å²) in [6.07, 6.45) is 6.72. The Bertz CT molecular complexity index is 1190. The smallest absolute Gasteiger partial charge is 0.262 e. The lowest BCUT2D eigenvalue weighted by Gasteiger charge is -2.36. The number of carbonyl (C=O) groups is 1. The molecule has 5 rings (SSSR count). The van der Waals surface area contributed by atoms with Crippen LogP contribution in [0.4, 0.5) is 5.69 Å². The number of aromatic nitrogens is 1. The third kappa shape index (κ3) is 5.00. The molecule has 2 aliphatic rings. The third-order valence-corrected chi connectivity index (χ3v) is 7.07. The number of amides is 1. The summed E-state index contributed by atoms with van der Waals surface area (Å²) in [6.45, 7) is 0.790. The normalized spacial score (nSPS) is 22.1. The van der Waals surface area contributed by atoms with Crippen LogP contribution in [0.3, 0.4) is 0 Å². The second kappa shape index (κ2) is 9.60. The summed E-state index contributed by atoms with van der Waals surface area (Å²) in [7, 11) is 1.65. The number of methoxy groups -OCH3 is 1. The van der Waals surface area contributed by atoms with Gasteiger partial charge in [-0.05, 0) is 73.9 Å². The van der Waals surface area contributed by atoms with Crippen molar-refractivity contribution in [2.45, 2.75) is 56.7 Å². The number of carbonyl (C=O) groups excluding carboxylic acids is 1. The van der Waals surface area contributed by atoms with E-state index in [0.717, 1.165) is 73.0 Å². The number of nitrogens with zero attached hydrogens (tertiary/aromatic N) is 1. The number of benzene rings is 2. The molecule has 1 aliphatic carbocycles. The van der Waals surface area contributed by atoms with Crippen LogP contribution in [0.15, 0.2) is 48.7 Å². The summed E-state index contributed by atoms with van der Waals surface area (Å²) in [5.41, 5.74) is 3.34. The molecule has 0 atom stereocenters. The summed E-state index contributed by atoms with van der Waals surface area (Å²) < 4.78 is 10.8. The van der Waals surface area contributed by atoms with Crippen LogP contribution >= 0.6 is 0 Å². The van der Waals surface area contributed by atoms with Crippen molar-refractivity contribution >= 4 is 22.5 Å². The second-order valence-corrected chi connectivity index (χ2v) is 9.41. The van der Waals surface area contributed by atoms with Crippen LogP contribution < -0.4 is 20.1 Å². The van der Waals surface area contributed by atoms with E-state index in [-0.39, 0.29) is 12.5 Å². The molecular weight excluding hydrogens is 430 g/mol. The van der Waals surface area contributed by atoms with Gasteiger partial charge in [0.05, 0.1) is 30.1 Å². The summed E-state index contributed by atoms with van der Waals surface area (Å²) in [4.78, 5) is 16.0. The predicted molar refractivity (Wildman–Crippen MR) is 131 cm³/mol. The summed E-state index contributed by atoms with van der Waals surface area (Å²) >= 11 is 0. The van der Waals surface area contributed by atoms with E-state index in [1.807, 2.05) is 36.4 Å². The first-order valence-electron chi connectivity index (χ1n) is 11.9. The zero-order chi connectivity index (χ0) is 23.5. The lowest BCUT2D eigenvalue weighted by molar-refractivity contribution is -0.118. The number of aliphatic hydroxyl groups is 1. The second-order valence-electron chi connectivity index (χ2n) is 9.41. The van der Waals surface area contributed by atoms with E-state index < -0.39 is 5.60 Å². The van der Waals surface area contributed by atoms with Gasteiger partial charge in [-0.15, -0.1) is 0 Å². The van der Waals surface area contributed by atoms with Crippen LogP contribution in [0.5, 0.6) is 11.5 Å². The number of nitrogens with one attached hydrogen (secondary N) is 2. The molecule has 1 amide bonds. The van der Waals surface area contributed by atoms with Crippen LogP contribution in [0.2, 0.25) is 0 Å². The SMILES string of the molecule is COc1cnc2cccc(CCC3(O)CCC(NCc4ccc5c(c4)NC(=O)CO5)CC3)c2c1. The van der Waals surface area contributed by atoms with Crippen LogP contribution in [-0.2, 0) is 17.8 Å². The van der Waals surface area contributed by atoms with E-state index in [9.17, 15) is 9.90 Å². The minimum atomic E-state index is -0.639. The molecule has 0 spiro atoms. The quantitative estimate of drug-likeness (QED) is 0.493. The molecule has 3 N–H and O–H groups in total. The Morgan fingerprint density at radius 1 is 1.24 bits per heavy atom. The van der Waals surface area contributed by atoms with Crippen molar-refractivity contribution in [1.29, 1.82) is 0 Å². The average Bonchev–Trinajstić information content (AvgIpc) is 2.86. The van der Waals surface area contributed by atoms with Gasteiger partial charge in [-0.2, -0.15) is 0 Å². The molecule has 1 fully saturated rings. The first kappa shape index (κ1) is 22.6. The molecule has 0 radical (unpaired) electrons. The molecule has 2 heterocycles. The minimum Gasteiger partial charge on any atom is -0.495 e. The zero-order valence-electron chi connectivity index (χ0n) is 19.5. The van der Waals surface area contributed by atoms with Crippen molar-refractivity contribution < 1.29 is 19.4 Å². The van der Waals surface area contributed by atoms with E-state index in [1.165, 1.54) is 5.56 Å². The van der Waals surface area contributed by atoms with E-state index in [4.69, 9.17) is 9.47 Å². The number of anilines is 1. The molecule has 7 nitrogen and oxygen atoms in total. The van der Waals surface area contributed by atoms with E-state index in [0.29, 0.717) is 11.8 Å². The van der Waals surface area contributed by atoms with E-state index >= 15 is 0 Å². The average molecular weight is 462 g/mol. The molecule has 34 heavy (non-hydrogen) atoms. The number of fused-ring (bicyclic) bond motifs is 2. The van der Waals surface area contributed by atoms with Crippen molar-refractivity contribution in [3.05, 3.63) is 59.8 Å². The van der Waals surface area contributed by atoms with Crippen LogP contribution in [0, 0.1) is 0 Å². The summed E-state index contributed by atoms with van der Waals surface area (Å²) in [5, 5.41) is 18.8. The Kier molecular flexibility index (Phi) is 6.39. The number of rotatable bonds is 7. The number of aryl methyl sites for hydroxylation is 1. The van der Waals surface area contributed by atoms with Gasteiger partial charge in [0.25, 0.3) is 5.91 Å². The first-order valence-corrected chi connectivity index (χ1v) is 11.9. The van der Waals surface area contributed by atoms with E-state index in [1.54, 1.807) is 13.3 Å². The number of ether oxygens (including phenoxy) is 2. The maximum atomic E-state index is 11.6. The molecule has 0 unspecified atom stereocenters. The van der Waals surface area contributed by atoms with Crippen LogP contribution in [-0.4, -0.2) is 41.4 Å². The fourth-order valence-corrected chi connectivity index (χ4v) is 5.00. The highest BCUT2D eigenvalue weighted by atomic mass is 16.5. The Morgan fingerprint density at radius 2 is 2.09 bits per heavy atom. The fraction of sp³-hybridized carbons (Fsp3) is 0.407. The Labute approximate surface area is 199 Å². The fourth-order valence-electron chi connectivity index (χ4n) is 5.00. The van der Waals surface area contributed by atoms with Gasteiger partial charge < -0.3 is 25.2 Å². The van der Waals surface area contributed by atoms with Gasteiger partial charge >= 0.3 is 0 Å². The lowest BCUT2D eigenvalue weighted by atomic mass is 9.78. The highest BCUT2D eigenvalue weighted by Gasteiger charge is 2.32. The Balaban J connectivity index is 1.14. The van der Waals surface area contributed by atoms with E-state index in [2.05, 4.69) is 21.7 Å². The van der Waals surface area contributed by atoms with Crippen molar-refractivity contribution in [2.24, 2.45) is 0 Å². The summed E-state index contributed by atoms with van der Waals surface area (Å²) in [6, 6.07) is 14.4. The minimum absolute atomic E-state index is 0.0706. The first-order chi connectivity index (χ1) is 16.5. The Morgan fingerprint density at radius 3 is 2.91 bits per heavy atom.